The van der Waals surface area contributed by atoms with Gasteiger partial charge in [-0.25, -0.2) is 4.39 Å². The highest BCUT2D eigenvalue weighted by molar-refractivity contribution is 5.95. The average molecular weight is 412 g/mol. The van der Waals surface area contributed by atoms with Gasteiger partial charge in [-0.2, -0.15) is 0 Å². The van der Waals surface area contributed by atoms with Gasteiger partial charge in [0.2, 0.25) is 0 Å². The van der Waals surface area contributed by atoms with E-state index in [1.54, 1.807) is 18.2 Å². The first-order valence-corrected chi connectivity index (χ1v) is 9.10. The van der Waals surface area contributed by atoms with E-state index in [2.05, 4.69) is 4.90 Å². The van der Waals surface area contributed by atoms with Gasteiger partial charge in [0.1, 0.15) is 12.4 Å². The summed E-state index contributed by atoms with van der Waals surface area (Å²) in [5, 5.41) is 0. The van der Waals surface area contributed by atoms with Crippen LogP contribution in [0.25, 0.3) is 0 Å². The Morgan fingerprint density at radius 3 is 2.57 bits per heavy atom. The Morgan fingerprint density at radius 1 is 1.25 bits per heavy atom. The highest BCUT2D eigenvalue weighted by Crippen LogP contribution is 2.26. The van der Waals surface area contributed by atoms with Crippen molar-refractivity contribution in [3.05, 3.63) is 65.9 Å². The van der Waals surface area contributed by atoms with E-state index in [0.29, 0.717) is 44.5 Å². The van der Waals surface area contributed by atoms with Crippen LogP contribution in [-0.2, 0) is 16.0 Å². The third-order valence-corrected chi connectivity index (χ3v) is 4.80. The van der Waals surface area contributed by atoms with Crippen LogP contribution in [0.15, 0.2) is 54.5 Å². The minimum atomic E-state index is -0.458. The lowest BCUT2D eigenvalue weighted by Gasteiger charge is -2.38. The summed E-state index contributed by atoms with van der Waals surface area (Å²) < 4.78 is 58.9. The van der Waals surface area contributed by atoms with Crippen LogP contribution in [0.5, 0.6) is 0 Å². The zero-order valence-corrected chi connectivity index (χ0v) is 16.7. The molecule has 2 aromatic rings. The van der Waals surface area contributed by atoms with Crippen LogP contribution in [0.2, 0.25) is 0 Å². The van der Waals surface area contributed by atoms with Crippen molar-refractivity contribution in [2.75, 3.05) is 38.3 Å². The summed E-state index contributed by atoms with van der Waals surface area (Å²) in [5.41, 5.74) is 0.550. The van der Waals surface area contributed by atoms with Crippen molar-refractivity contribution in [3.63, 3.8) is 0 Å². The maximum atomic E-state index is 14.4. The Hall–Kier alpha value is -1.95. The number of carbonyl (C=O) groups excluding carboxylic acids is 1. The van der Waals surface area contributed by atoms with Crippen molar-refractivity contribution in [2.45, 2.75) is 25.3 Å². The van der Waals surface area contributed by atoms with E-state index in [1.165, 1.54) is 18.1 Å². The number of hydrogen-bond donors (Lipinski definition) is 0. The fourth-order valence-corrected chi connectivity index (χ4v) is 3.45. The van der Waals surface area contributed by atoms with E-state index in [0.717, 1.165) is 0 Å². The minimum Gasteiger partial charge on any atom is -0.375 e. The summed E-state index contributed by atoms with van der Waals surface area (Å²) in [7, 11) is 1.43. The van der Waals surface area contributed by atoms with Gasteiger partial charge in [0.05, 0.1) is 12.5 Å². The fraction of sp³-hybridized carbons (Fsp3) is 0.409. The monoisotopic (exact) mass is 411 g/mol. The van der Waals surface area contributed by atoms with Gasteiger partial charge in [0.15, 0.2) is 0 Å². The van der Waals surface area contributed by atoms with Gasteiger partial charge in [0.25, 0.3) is 5.91 Å². The Morgan fingerprint density at radius 2 is 1.93 bits per heavy atom. The fourth-order valence-electron chi connectivity index (χ4n) is 3.45. The number of halogens is 2. The number of nitrogens with zero attached hydrogens (tertiary/aromatic N) is 2. The summed E-state index contributed by atoms with van der Waals surface area (Å²) in [5.74, 6) is -0.754. The summed E-state index contributed by atoms with van der Waals surface area (Å²) in [6, 6.07) is 4.66. The van der Waals surface area contributed by atoms with Gasteiger partial charge in [-0.15, -0.1) is 12.4 Å². The first-order chi connectivity index (χ1) is 15.3. The molecule has 2 aromatic carbocycles. The number of para-hydroxylation sites is 1. The van der Waals surface area contributed by atoms with Crippen molar-refractivity contribution < 1.29 is 20.8 Å². The van der Waals surface area contributed by atoms with Crippen LogP contribution < -0.4 is 4.90 Å². The normalized spacial score (nSPS) is 17.6. The van der Waals surface area contributed by atoms with Crippen LogP contribution in [0, 0.1) is 5.82 Å². The molecule has 0 atom stereocenters. The molecule has 6 heteroatoms. The van der Waals surface area contributed by atoms with Gasteiger partial charge in [0, 0.05) is 32.8 Å². The number of hydrogen-bond acceptors (Lipinski definition) is 3. The van der Waals surface area contributed by atoms with Crippen molar-refractivity contribution in [1.29, 1.82) is 0 Å². The molecular weight excluding hydrogens is 379 g/mol. The lowest BCUT2D eigenvalue weighted by atomic mass is 10.0. The van der Waals surface area contributed by atoms with E-state index in [4.69, 9.17) is 11.6 Å². The molecule has 1 aliphatic heterocycles. The predicted octanol–water partition coefficient (Wildman–Crippen LogP) is 3.93. The molecule has 152 valence electrons. The minimum absolute atomic E-state index is 0. The second kappa shape index (κ2) is 11.1. The zero-order chi connectivity index (χ0) is 23.4. The van der Waals surface area contributed by atoms with Crippen LogP contribution in [0.3, 0.4) is 0 Å². The Balaban J connectivity index is 0.00000385. The van der Waals surface area contributed by atoms with Crippen molar-refractivity contribution in [1.82, 2.24) is 4.90 Å². The third-order valence-electron chi connectivity index (χ3n) is 4.80. The van der Waals surface area contributed by atoms with Crippen LogP contribution >= 0.6 is 12.4 Å². The molecule has 3 rings (SSSR count). The number of amides is 1. The summed E-state index contributed by atoms with van der Waals surface area (Å²) >= 11 is 0. The molecule has 0 bridgehead atoms. The highest BCUT2D eigenvalue weighted by atomic mass is 35.5. The summed E-state index contributed by atoms with van der Waals surface area (Å²) in [6.45, 7) is 1.69. The van der Waals surface area contributed by atoms with Gasteiger partial charge >= 0.3 is 0 Å². The molecule has 1 amide bonds. The van der Waals surface area contributed by atoms with Crippen molar-refractivity contribution in [3.8, 4) is 0 Å². The highest BCUT2D eigenvalue weighted by Gasteiger charge is 2.30. The number of rotatable bonds is 7. The molecule has 28 heavy (non-hydrogen) atoms. The molecule has 0 spiro atoms. The van der Waals surface area contributed by atoms with Crippen LogP contribution in [0.1, 0.15) is 25.3 Å². The van der Waals surface area contributed by atoms with E-state index in [9.17, 15) is 9.18 Å². The lowest BCUT2D eigenvalue weighted by molar-refractivity contribution is -0.122. The number of ether oxygens (including phenoxy) is 1. The van der Waals surface area contributed by atoms with E-state index in [1.807, 2.05) is 0 Å². The van der Waals surface area contributed by atoms with Crippen molar-refractivity contribution in [2.24, 2.45) is 0 Å². The molecule has 0 aliphatic carbocycles. The molecule has 4 nitrogen and oxygen atoms in total. The van der Waals surface area contributed by atoms with E-state index < -0.39 is 11.9 Å². The molecule has 1 aliphatic rings. The number of benzene rings is 2. The number of likely N-dealkylation sites (tertiary alicyclic amines) is 1. The molecule has 0 unspecified atom stereocenters. The standard InChI is InChI=1S/C22H27FN2O2.ClH/c1-27-17-22(26)25(21-10-6-5-9-20(21)23)19-12-15-24(16-13-19)14-11-18-7-3-2-4-8-18;/h2-10,19H,11-17H2,1H3;1H/i2D,3D,4D,7D,8D;. The van der Waals surface area contributed by atoms with E-state index >= 15 is 0 Å². The zero-order valence-electron chi connectivity index (χ0n) is 20.8. The summed E-state index contributed by atoms with van der Waals surface area (Å²) in [4.78, 5) is 16.3. The Kier molecular flexibility index (Phi) is 6.34. The SMILES string of the molecule is Cl.[2H]c1c([2H])c([2H])c(CCN2CCC(N(C(=O)COC)c3ccccc3F)CC2)c([2H])c1[2H]. The largest absolute Gasteiger partial charge is 0.375 e. The Labute approximate surface area is 179 Å². The first kappa shape index (κ1) is 15.9. The third kappa shape index (κ3) is 5.77. The average Bonchev–Trinajstić information content (AvgIpc) is 2.79. The molecule has 0 radical (unpaired) electrons. The van der Waals surface area contributed by atoms with Gasteiger partial charge in [-0.1, -0.05) is 42.3 Å². The molecule has 1 heterocycles. The second-order valence-electron chi connectivity index (χ2n) is 6.57. The quantitative estimate of drug-likeness (QED) is 0.692. The molecule has 1 fully saturated rings. The van der Waals surface area contributed by atoms with Crippen molar-refractivity contribution >= 4 is 24.0 Å². The van der Waals surface area contributed by atoms with Gasteiger partial charge in [-0.05, 0) is 37.0 Å². The molecular formula is C22H28ClFN2O2. The van der Waals surface area contributed by atoms with Gasteiger partial charge < -0.3 is 14.5 Å². The van der Waals surface area contributed by atoms with Crippen LogP contribution in [-0.4, -0.2) is 50.2 Å². The maximum Gasteiger partial charge on any atom is 0.253 e. The topological polar surface area (TPSA) is 32.8 Å². The number of anilines is 1. The maximum absolute atomic E-state index is 14.4. The van der Waals surface area contributed by atoms with Crippen LogP contribution in [0.4, 0.5) is 10.1 Å². The second-order valence-corrected chi connectivity index (χ2v) is 6.57. The molecule has 0 aromatic heterocycles. The number of carbonyl (C=O) groups is 1. The first-order valence-electron chi connectivity index (χ1n) is 11.6. The lowest BCUT2D eigenvalue weighted by Crippen LogP contribution is -2.49. The molecule has 0 N–H and O–H groups in total. The Bertz CT molecular complexity index is 960. The molecule has 0 saturated carbocycles. The summed E-state index contributed by atoms with van der Waals surface area (Å²) in [6.07, 6.45) is 1.59. The smallest absolute Gasteiger partial charge is 0.253 e. The van der Waals surface area contributed by atoms with Gasteiger partial charge in [-0.3, -0.25) is 4.79 Å². The van der Waals surface area contributed by atoms with E-state index in [-0.39, 0.29) is 60.8 Å². The number of methoxy groups -OCH3 is 1. The number of piperidine rings is 1. The molecule has 1 saturated heterocycles. The predicted molar refractivity (Wildman–Crippen MR) is 113 cm³/mol.